The number of halogens is 4. The number of hydrogen-bond acceptors (Lipinski definition) is 3. The van der Waals surface area contributed by atoms with Crippen molar-refractivity contribution < 1.29 is 17.6 Å². The van der Waals surface area contributed by atoms with Crippen LogP contribution in [0.15, 0.2) is 33.7 Å². The summed E-state index contributed by atoms with van der Waals surface area (Å²) in [5.74, 6) is 7.29. The van der Waals surface area contributed by atoms with E-state index in [1.54, 1.807) is 0 Å². The maximum Gasteiger partial charge on any atom is 0.416 e. The molecule has 0 unspecified atom stereocenters. The lowest BCUT2D eigenvalue weighted by molar-refractivity contribution is -0.137. The predicted molar refractivity (Wildman–Crippen MR) is 113 cm³/mol. The lowest BCUT2D eigenvalue weighted by Gasteiger charge is -2.08. The molecule has 1 aromatic carbocycles. The Balaban J connectivity index is 0.00000392. The van der Waals surface area contributed by atoms with Crippen LogP contribution in [0, 0.1) is 25.7 Å². The van der Waals surface area contributed by atoms with Gasteiger partial charge in [-0.3, -0.25) is 0 Å². The van der Waals surface area contributed by atoms with E-state index in [9.17, 15) is 13.2 Å². The normalized spacial score (nSPS) is 11.3. The fourth-order valence-electron chi connectivity index (χ4n) is 2.14. The molecule has 5 nitrogen and oxygen atoms in total. The van der Waals surface area contributed by atoms with E-state index < -0.39 is 11.7 Å². The van der Waals surface area contributed by atoms with Gasteiger partial charge in [0.15, 0.2) is 5.96 Å². The zero-order valence-corrected chi connectivity index (χ0v) is 18.1. The molecule has 0 radical (unpaired) electrons. The number of nitrogens with zero attached hydrogens (tertiary/aromatic N) is 2. The number of alkyl halides is 3. The summed E-state index contributed by atoms with van der Waals surface area (Å²) in [5, 5.41) is 6.06. The first kappa shape index (κ1) is 23.8. The average Bonchev–Trinajstić information content (AvgIpc) is 2.94. The summed E-state index contributed by atoms with van der Waals surface area (Å²) in [6.45, 7) is 6.76. The summed E-state index contributed by atoms with van der Waals surface area (Å²) in [4.78, 5) is 8.61. The van der Waals surface area contributed by atoms with Crippen molar-refractivity contribution in [1.29, 1.82) is 0 Å². The minimum atomic E-state index is -4.38. The van der Waals surface area contributed by atoms with Crippen molar-refractivity contribution in [3.05, 3.63) is 52.7 Å². The largest absolute Gasteiger partial charge is 0.444 e. The molecule has 2 N–H and O–H groups in total. The van der Waals surface area contributed by atoms with Crippen LogP contribution in [0.1, 0.15) is 35.4 Å². The van der Waals surface area contributed by atoms with Gasteiger partial charge in [0.1, 0.15) is 12.3 Å². The zero-order chi connectivity index (χ0) is 19.9. The molecule has 9 heteroatoms. The molecule has 0 atom stereocenters. The third-order valence-electron chi connectivity index (χ3n) is 3.56. The summed E-state index contributed by atoms with van der Waals surface area (Å²) >= 11 is 0. The minimum Gasteiger partial charge on any atom is -0.444 e. The monoisotopic (exact) mass is 506 g/mol. The Morgan fingerprint density at radius 1 is 1.25 bits per heavy atom. The van der Waals surface area contributed by atoms with Crippen LogP contribution in [-0.4, -0.2) is 24.0 Å². The van der Waals surface area contributed by atoms with E-state index in [1.807, 2.05) is 20.8 Å². The van der Waals surface area contributed by atoms with Gasteiger partial charge in [-0.25, -0.2) is 9.98 Å². The molecule has 0 amide bonds. The lowest BCUT2D eigenvalue weighted by Crippen LogP contribution is -2.37. The van der Waals surface area contributed by atoms with Crippen LogP contribution in [0.25, 0.3) is 0 Å². The Morgan fingerprint density at radius 2 is 2.00 bits per heavy atom. The Hall–Kier alpha value is -2.22. The molecule has 0 aliphatic rings. The molecule has 1 heterocycles. The summed E-state index contributed by atoms with van der Waals surface area (Å²) < 4.78 is 43.6. The molecule has 0 saturated heterocycles. The fraction of sp³-hybridized carbons (Fsp3) is 0.368. The van der Waals surface area contributed by atoms with E-state index in [0.717, 1.165) is 23.6 Å². The maximum atomic E-state index is 12.7. The molecule has 28 heavy (non-hydrogen) atoms. The second-order valence-electron chi connectivity index (χ2n) is 5.68. The van der Waals surface area contributed by atoms with Crippen LogP contribution in [0.2, 0.25) is 0 Å². The molecule has 152 valence electrons. The third kappa shape index (κ3) is 7.42. The van der Waals surface area contributed by atoms with Crippen LogP contribution < -0.4 is 10.6 Å². The topological polar surface area (TPSA) is 62.5 Å². The Kier molecular flexibility index (Phi) is 9.31. The number of aromatic nitrogens is 1. The summed E-state index contributed by atoms with van der Waals surface area (Å²) in [7, 11) is 0. The van der Waals surface area contributed by atoms with Crippen molar-refractivity contribution in [3.8, 4) is 11.8 Å². The van der Waals surface area contributed by atoms with E-state index in [2.05, 4.69) is 32.5 Å². The van der Waals surface area contributed by atoms with Gasteiger partial charge < -0.3 is 15.1 Å². The van der Waals surface area contributed by atoms with Crippen LogP contribution in [0.3, 0.4) is 0 Å². The quantitative estimate of drug-likeness (QED) is 0.285. The standard InChI is InChI=1S/C19H21F3N4O.HI/c1-4-23-18(25-12-17-26-13(2)14(3)27-17)24-10-6-8-15-7-5-9-16(11-15)19(20,21)22;/h5,7,9,11H,4,10,12H2,1-3H3,(H2,23,24,25);1H. The second kappa shape index (κ2) is 10.9. The molecular weight excluding hydrogens is 484 g/mol. The molecule has 0 aliphatic heterocycles. The van der Waals surface area contributed by atoms with Crippen LogP contribution in [0.5, 0.6) is 0 Å². The highest BCUT2D eigenvalue weighted by Gasteiger charge is 2.30. The van der Waals surface area contributed by atoms with E-state index in [-0.39, 0.29) is 37.1 Å². The van der Waals surface area contributed by atoms with Crippen LogP contribution in [0.4, 0.5) is 13.2 Å². The van der Waals surface area contributed by atoms with E-state index in [0.29, 0.717) is 24.0 Å². The number of rotatable bonds is 4. The zero-order valence-electron chi connectivity index (χ0n) is 15.8. The van der Waals surface area contributed by atoms with E-state index in [1.165, 1.54) is 12.1 Å². The van der Waals surface area contributed by atoms with Gasteiger partial charge in [-0.05, 0) is 39.0 Å². The number of guanidine groups is 1. The Labute approximate surface area is 179 Å². The van der Waals surface area contributed by atoms with Crippen molar-refractivity contribution in [2.45, 2.75) is 33.5 Å². The molecule has 0 saturated carbocycles. The summed E-state index contributed by atoms with van der Waals surface area (Å²) in [5.41, 5.74) is 0.415. The van der Waals surface area contributed by atoms with Crippen molar-refractivity contribution in [3.63, 3.8) is 0 Å². The first-order valence-electron chi connectivity index (χ1n) is 8.40. The summed E-state index contributed by atoms with van der Waals surface area (Å²) in [6.07, 6.45) is -4.38. The second-order valence-corrected chi connectivity index (χ2v) is 5.68. The first-order valence-corrected chi connectivity index (χ1v) is 8.40. The van der Waals surface area contributed by atoms with Crippen molar-refractivity contribution >= 4 is 29.9 Å². The van der Waals surface area contributed by atoms with E-state index >= 15 is 0 Å². The lowest BCUT2D eigenvalue weighted by atomic mass is 10.1. The fourth-order valence-corrected chi connectivity index (χ4v) is 2.14. The molecule has 0 spiro atoms. The van der Waals surface area contributed by atoms with Gasteiger partial charge in [0.05, 0.1) is 17.8 Å². The number of nitrogens with one attached hydrogen (secondary N) is 2. The van der Waals surface area contributed by atoms with Crippen LogP contribution in [-0.2, 0) is 12.7 Å². The molecule has 2 aromatic rings. The number of hydrogen-bond donors (Lipinski definition) is 2. The molecular formula is C19H22F3IN4O. The number of benzene rings is 1. The molecule has 0 aliphatic carbocycles. The van der Waals surface area contributed by atoms with Gasteiger partial charge in [-0.1, -0.05) is 17.9 Å². The molecule has 2 rings (SSSR count). The van der Waals surface area contributed by atoms with Crippen LogP contribution >= 0.6 is 24.0 Å². The Morgan fingerprint density at radius 3 is 2.61 bits per heavy atom. The van der Waals surface area contributed by atoms with Crippen molar-refractivity contribution in [2.24, 2.45) is 4.99 Å². The summed E-state index contributed by atoms with van der Waals surface area (Å²) in [6, 6.07) is 4.92. The SMILES string of the molecule is CCNC(=NCc1nc(C)c(C)o1)NCC#Cc1cccc(C(F)(F)F)c1.I. The number of aliphatic imine (C=N–C) groups is 1. The number of aryl methyl sites for hydroxylation is 2. The van der Waals surface area contributed by atoms with Crippen molar-refractivity contribution in [2.75, 3.05) is 13.1 Å². The minimum absolute atomic E-state index is 0. The van der Waals surface area contributed by atoms with Gasteiger partial charge >= 0.3 is 6.18 Å². The van der Waals surface area contributed by atoms with Gasteiger partial charge in [0, 0.05) is 12.1 Å². The highest BCUT2D eigenvalue weighted by Crippen LogP contribution is 2.29. The highest BCUT2D eigenvalue weighted by molar-refractivity contribution is 14.0. The molecule has 0 fully saturated rings. The van der Waals surface area contributed by atoms with Gasteiger partial charge in [0.2, 0.25) is 5.89 Å². The van der Waals surface area contributed by atoms with Gasteiger partial charge in [0.25, 0.3) is 0 Å². The average molecular weight is 506 g/mol. The smallest absolute Gasteiger partial charge is 0.416 e. The van der Waals surface area contributed by atoms with Crippen molar-refractivity contribution in [1.82, 2.24) is 15.6 Å². The van der Waals surface area contributed by atoms with E-state index in [4.69, 9.17) is 4.42 Å². The number of oxazole rings is 1. The van der Waals surface area contributed by atoms with Gasteiger partial charge in [-0.15, -0.1) is 24.0 Å². The van der Waals surface area contributed by atoms with Gasteiger partial charge in [-0.2, -0.15) is 13.2 Å². The molecule has 0 bridgehead atoms. The maximum absolute atomic E-state index is 12.7. The predicted octanol–water partition coefficient (Wildman–Crippen LogP) is 4.04. The first-order chi connectivity index (χ1) is 12.8. The Bertz CT molecular complexity index is 847. The highest BCUT2D eigenvalue weighted by atomic mass is 127. The third-order valence-corrected chi connectivity index (χ3v) is 3.56. The molecule has 1 aromatic heterocycles.